The van der Waals surface area contributed by atoms with Crippen molar-refractivity contribution in [1.82, 2.24) is 14.4 Å². The number of amides is 2. The Morgan fingerprint density at radius 2 is 1.55 bits per heavy atom. The summed E-state index contributed by atoms with van der Waals surface area (Å²) in [5, 5.41) is 0. The molecular formula is C23H32BrN3O2. The molecule has 0 N–H and O–H groups in total. The molecule has 6 heteroatoms. The summed E-state index contributed by atoms with van der Waals surface area (Å²) < 4.78 is 2.95. The van der Waals surface area contributed by atoms with Crippen molar-refractivity contribution in [3.8, 4) is 0 Å². The molecule has 2 rings (SSSR count). The van der Waals surface area contributed by atoms with Gasteiger partial charge in [-0.05, 0) is 48.2 Å². The number of hydrogen-bond donors (Lipinski definition) is 0. The van der Waals surface area contributed by atoms with Crippen LogP contribution in [0.1, 0.15) is 43.7 Å². The lowest BCUT2D eigenvalue weighted by Crippen LogP contribution is -2.45. The van der Waals surface area contributed by atoms with Gasteiger partial charge in [-0.3, -0.25) is 9.59 Å². The lowest BCUT2D eigenvalue weighted by Gasteiger charge is -2.30. The van der Waals surface area contributed by atoms with E-state index in [0.29, 0.717) is 31.1 Å². The predicted octanol–water partition coefficient (Wildman–Crippen LogP) is 4.57. The Hall–Kier alpha value is -2.08. The molecule has 0 bridgehead atoms. The van der Waals surface area contributed by atoms with E-state index >= 15 is 0 Å². The van der Waals surface area contributed by atoms with Gasteiger partial charge in [-0.25, -0.2) is 0 Å². The fourth-order valence-corrected chi connectivity index (χ4v) is 3.51. The van der Waals surface area contributed by atoms with E-state index in [2.05, 4.69) is 43.6 Å². The number of aromatic nitrogens is 1. The van der Waals surface area contributed by atoms with E-state index in [1.54, 1.807) is 17.0 Å². The van der Waals surface area contributed by atoms with Gasteiger partial charge in [0.2, 0.25) is 5.91 Å². The van der Waals surface area contributed by atoms with Crippen molar-refractivity contribution in [3.05, 3.63) is 58.3 Å². The second-order valence-corrected chi connectivity index (χ2v) is 9.28. The number of rotatable bonds is 9. The summed E-state index contributed by atoms with van der Waals surface area (Å²) in [5.41, 5.74) is 1.67. The van der Waals surface area contributed by atoms with Crippen LogP contribution in [-0.2, 0) is 18.4 Å². The van der Waals surface area contributed by atoms with Gasteiger partial charge in [-0.2, -0.15) is 0 Å². The van der Waals surface area contributed by atoms with E-state index in [4.69, 9.17) is 0 Å². The molecule has 29 heavy (non-hydrogen) atoms. The maximum atomic E-state index is 13.2. The van der Waals surface area contributed by atoms with Crippen LogP contribution in [-0.4, -0.2) is 45.8 Å². The molecule has 2 aromatic rings. The lowest BCUT2D eigenvalue weighted by molar-refractivity contribution is -0.133. The van der Waals surface area contributed by atoms with Crippen LogP contribution >= 0.6 is 15.9 Å². The summed E-state index contributed by atoms with van der Waals surface area (Å²) in [6.07, 6.45) is 1.98. The summed E-state index contributed by atoms with van der Waals surface area (Å²) in [7, 11) is 1.98. The number of aryl methyl sites for hydroxylation is 1. The summed E-state index contributed by atoms with van der Waals surface area (Å²) in [4.78, 5) is 29.8. The van der Waals surface area contributed by atoms with Gasteiger partial charge in [0.05, 0.1) is 6.54 Å². The predicted molar refractivity (Wildman–Crippen MR) is 121 cm³/mol. The lowest BCUT2D eigenvalue weighted by atomic mass is 10.1. The quantitative estimate of drug-likeness (QED) is 0.548. The van der Waals surface area contributed by atoms with Crippen molar-refractivity contribution in [3.63, 3.8) is 0 Å². The van der Waals surface area contributed by atoms with Crippen LogP contribution < -0.4 is 0 Å². The Morgan fingerprint density at radius 1 is 0.966 bits per heavy atom. The van der Waals surface area contributed by atoms with E-state index in [1.807, 2.05) is 47.0 Å². The molecule has 0 aliphatic heterocycles. The van der Waals surface area contributed by atoms with Crippen LogP contribution in [0.25, 0.3) is 0 Å². The number of hydrogen-bond acceptors (Lipinski definition) is 2. The summed E-state index contributed by atoms with van der Waals surface area (Å²) >= 11 is 3.40. The first-order valence-corrected chi connectivity index (χ1v) is 10.9. The molecular weight excluding hydrogens is 430 g/mol. The molecule has 2 amide bonds. The third kappa shape index (κ3) is 7.03. The Balaban J connectivity index is 2.19. The van der Waals surface area contributed by atoms with Crippen LogP contribution in [0.15, 0.2) is 47.1 Å². The fraction of sp³-hybridized carbons (Fsp3) is 0.478. The van der Waals surface area contributed by atoms with Crippen molar-refractivity contribution in [2.45, 2.75) is 34.2 Å². The SMILES string of the molecule is CC(C)CN(Cc1cccn1C)C(=O)CN(CC(C)C)C(=O)c1ccc(Br)cc1. The van der Waals surface area contributed by atoms with Gasteiger partial charge in [0.15, 0.2) is 0 Å². The molecule has 0 atom stereocenters. The van der Waals surface area contributed by atoms with Gasteiger partial charge in [0, 0.05) is 42.1 Å². The molecule has 0 saturated carbocycles. The molecule has 0 fully saturated rings. The topological polar surface area (TPSA) is 45.6 Å². The maximum Gasteiger partial charge on any atom is 0.254 e. The molecule has 5 nitrogen and oxygen atoms in total. The zero-order valence-corrected chi connectivity index (χ0v) is 19.6. The summed E-state index contributed by atoms with van der Waals surface area (Å²) in [6.45, 7) is 10.2. The minimum absolute atomic E-state index is 0.0222. The molecule has 158 valence electrons. The number of halogens is 1. The zero-order chi connectivity index (χ0) is 21.6. The monoisotopic (exact) mass is 461 g/mol. The molecule has 0 aliphatic carbocycles. The van der Waals surface area contributed by atoms with Crippen molar-refractivity contribution >= 4 is 27.7 Å². The Morgan fingerprint density at radius 3 is 2.07 bits per heavy atom. The highest BCUT2D eigenvalue weighted by Gasteiger charge is 2.24. The van der Waals surface area contributed by atoms with Crippen LogP contribution in [0.5, 0.6) is 0 Å². The highest BCUT2D eigenvalue weighted by atomic mass is 79.9. The van der Waals surface area contributed by atoms with E-state index in [9.17, 15) is 9.59 Å². The van der Waals surface area contributed by atoms with Crippen molar-refractivity contribution in [1.29, 1.82) is 0 Å². The van der Waals surface area contributed by atoms with Crippen molar-refractivity contribution in [2.24, 2.45) is 18.9 Å². The molecule has 0 radical (unpaired) electrons. The van der Waals surface area contributed by atoms with E-state index in [1.165, 1.54) is 0 Å². The first kappa shape index (κ1) is 23.2. The Labute approximate surface area is 182 Å². The highest BCUT2D eigenvalue weighted by Crippen LogP contribution is 2.15. The molecule has 1 heterocycles. The molecule has 1 aromatic heterocycles. The second-order valence-electron chi connectivity index (χ2n) is 8.36. The van der Waals surface area contributed by atoms with Gasteiger partial charge in [-0.1, -0.05) is 43.6 Å². The highest BCUT2D eigenvalue weighted by molar-refractivity contribution is 9.10. The number of carbonyl (C=O) groups excluding carboxylic acids is 2. The van der Waals surface area contributed by atoms with Crippen molar-refractivity contribution in [2.75, 3.05) is 19.6 Å². The molecule has 1 aromatic carbocycles. The molecule has 0 spiro atoms. The smallest absolute Gasteiger partial charge is 0.254 e. The minimum atomic E-state index is -0.108. The van der Waals surface area contributed by atoms with Gasteiger partial charge in [0.1, 0.15) is 6.54 Å². The van der Waals surface area contributed by atoms with Crippen LogP contribution in [0.4, 0.5) is 0 Å². The van der Waals surface area contributed by atoms with Gasteiger partial charge >= 0.3 is 0 Å². The van der Waals surface area contributed by atoms with Crippen LogP contribution in [0, 0.1) is 11.8 Å². The van der Waals surface area contributed by atoms with Gasteiger partial charge in [0.25, 0.3) is 5.91 Å². The second kappa shape index (κ2) is 10.6. The van der Waals surface area contributed by atoms with Crippen LogP contribution in [0.2, 0.25) is 0 Å². The fourth-order valence-electron chi connectivity index (χ4n) is 3.25. The minimum Gasteiger partial charge on any atom is -0.353 e. The molecule has 0 saturated heterocycles. The van der Waals surface area contributed by atoms with E-state index in [0.717, 1.165) is 10.2 Å². The number of nitrogens with zero attached hydrogens (tertiary/aromatic N) is 3. The Kier molecular flexibility index (Phi) is 8.50. The van der Waals surface area contributed by atoms with Crippen molar-refractivity contribution < 1.29 is 9.59 Å². The zero-order valence-electron chi connectivity index (χ0n) is 18.1. The summed E-state index contributed by atoms with van der Waals surface area (Å²) in [5.74, 6) is 0.488. The summed E-state index contributed by atoms with van der Waals surface area (Å²) in [6, 6.07) is 11.3. The van der Waals surface area contributed by atoms with E-state index < -0.39 is 0 Å². The third-order valence-corrected chi connectivity index (χ3v) is 5.16. The first-order valence-electron chi connectivity index (χ1n) is 10.1. The number of benzene rings is 1. The normalized spacial score (nSPS) is 11.2. The van der Waals surface area contributed by atoms with Crippen LogP contribution in [0.3, 0.4) is 0 Å². The average molecular weight is 462 g/mol. The Bertz CT molecular complexity index is 812. The molecule has 0 unspecified atom stereocenters. The average Bonchev–Trinajstić information content (AvgIpc) is 3.04. The standard InChI is InChI=1S/C23H32BrN3O2/c1-17(2)13-26(15-21-7-6-12-25(21)5)22(28)16-27(14-18(3)4)23(29)19-8-10-20(24)11-9-19/h6-12,17-18H,13-16H2,1-5H3. The van der Waals surface area contributed by atoms with E-state index in [-0.39, 0.29) is 24.3 Å². The van der Waals surface area contributed by atoms with Gasteiger partial charge < -0.3 is 14.4 Å². The largest absolute Gasteiger partial charge is 0.353 e. The third-order valence-electron chi connectivity index (χ3n) is 4.63. The van der Waals surface area contributed by atoms with Gasteiger partial charge in [-0.15, -0.1) is 0 Å². The maximum absolute atomic E-state index is 13.2. The number of carbonyl (C=O) groups is 2. The molecule has 0 aliphatic rings. The first-order chi connectivity index (χ1) is 13.7.